The topological polar surface area (TPSA) is 63.7 Å². The number of nitrogens with zero attached hydrogens (tertiary/aromatic N) is 1. The quantitative estimate of drug-likeness (QED) is 0.410. The van der Waals surface area contributed by atoms with Crippen molar-refractivity contribution >= 4 is 34.9 Å². The molecule has 30 heavy (non-hydrogen) atoms. The number of rotatable bonds is 5. The molecule has 0 aromatic heterocycles. The number of fused-ring (bicyclic) bond motifs is 5. The Morgan fingerprint density at radius 3 is 2.30 bits per heavy atom. The van der Waals surface area contributed by atoms with E-state index in [1.165, 1.54) is 4.90 Å². The van der Waals surface area contributed by atoms with Gasteiger partial charge in [0, 0.05) is 10.6 Å². The Kier molecular flexibility index (Phi) is 4.51. The van der Waals surface area contributed by atoms with Crippen LogP contribution in [0.2, 0.25) is 5.02 Å². The summed E-state index contributed by atoms with van der Waals surface area (Å²) in [5.41, 5.74) is 0.838. The van der Waals surface area contributed by atoms with Gasteiger partial charge in [-0.25, -0.2) is 4.90 Å². The number of ketones is 1. The summed E-state index contributed by atoms with van der Waals surface area (Å²) in [4.78, 5) is 40.3. The van der Waals surface area contributed by atoms with Crippen molar-refractivity contribution < 1.29 is 19.1 Å². The first-order chi connectivity index (χ1) is 14.5. The molecule has 1 saturated heterocycles. The monoisotopic (exact) mass is 421 g/mol. The maximum Gasteiger partial charge on any atom is 0.238 e. The summed E-state index contributed by atoms with van der Waals surface area (Å²) in [6.07, 6.45) is 4.17. The molecule has 2 aromatic rings. The molecule has 0 radical (unpaired) electrons. The molecule has 0 spiro atoms. The number of Topliss-reactive ketones (excluding diaryl/α,β-unsaturated/α-hetero) is 1. The van der Waals surface area contributed by atoms with Crippen LogP contribution < -0.4 is 9.64 Å². The van der Waals surface area contributed by atoms with Gasteiger partial charge in [-0.1, -0.05) is 54.1 Å². The van der Waals surface area contributed by atoms with Crippen LogP contribution in [0.25, 0.3) is 0 Å². The Balaban J connectivity index is 1.46. The van der Waals surface area contributed by atoms with E-state index in [1.54, 1.807) is 49.4 Å². The fourth-order valence-corrected chi connectivity index (χ4v) is 5.15. The van der Waals surface area contributed by atoms with Crippen molar-refractivity contribution in [2.45, 2.75) is 19.4 Å². The Bertz CT molecular complexity index is 1050. The third-order valence-electron chi connectivity index (χ3n) is 6.36. The zero-order valence-electron chi connectivity index (χ0n) is 16.3. The number of hydrogen-bond acceptors (Lipinski definition) is 4. The van der Waals surface area contributed by atoms with Crippen molar-refractivity contribution in [1.82, 2.24) is 0 Å². The third kappa shape index (κ3) is 2.88. The van der Waals surface area contributed by atoms with Crippen molar-refractivity contribution in [2.24, 2.45) is 23.7 Å². The number of carbonyl (C=O) groups is 3. The number of allylic oxidation sites excluding steroid dienone is 2. The maximum atomic E-state index is 13.2. The lowest BCUT2D eigenvalue weighted by Crippen LogP contribution is -2.34. The molecule has 2 bridgehead atoms. The highest BCUT2D eigenvalue weighted by Gasteiger charge is 2.60. The predicted octanol–water partition coefficient (Wildman–Crippen LogP) is 4.30. The molecule has 6 heteroatoms. The summed E-state index contributed by atoms with van der Waals surface area (Å²) < 4.78 is 5.95. The number of benzene rings is 2. The zero-order valence-corrected chi connectivity index (χ0v) is 17.1. The Hall–Kier alpha value is -2.92. The van der Waals surface area contributed by atoms with Gasteiger partial charge in [0.1, 0.15) is 5.75 Å². The van der Waals surface area contributed by atoms with Crippen molar-refractivity contribution in [3.63, 3.8) is 0 Å². The van der Waals surface area contributed by atoms with E-state index in [1.807, 2.05) is 6.07 Å². The summed E-state index contributed by atoms with van der Waals surface area (Å²) in [5.74, 6) is -0.725. The second-order valence-corrected chi connectivity index (χ2v) is 8.55. The van der Waals surface area contributed by atoms with E-state index in [2.05, 4.69) is 12.2 Å². The van der Waals surface area contributed by atoms with Gasteiger partial charge in [0.15, 0.2) is 6.10 Å². The summed E-state index contributed by atoms with van der Waals surface area (Å²) in [6.45, 7) is 1.65. The van der Waals surface area contributed by atoms with Gasteiger partial charge >= 0.3 is 0 Å². The van der Waals surface area contributed by atoms with Crippen molar-refractivity contribution in [2.75, 3.05) is 4.90 Å². The molecule has 2 aromatic carbocycles. The van der Waals surface area contributed by atoms with E-state index in [4.69, 9.17) is 16.3 Å². The standard InChI is InChI=1S/C24H20ClNO4/c1-13(22(27)14-5-3-2-4-6-14)30-19-10-9-17(25)12-18(19)26-23(28)20-15-7-8-16(11-15)21(20)24(26)29/h2-10,12-13,15-16,20-21H,11H2,1H3. The number of anilines is 1. The van der Waals surface area contributed by atoms with Crippen LogP contribution in [0.4, 0.5) is 5.69 Å². The Morgan fingerprint density at radius 1 is 1.03 bits per heavy atom. The molecule has 5 rings (SSSR count). The molecule has 3 aliphatic rings. The number of halogens is 1. The molecule has 1 aliphatic heterocycles. The van der Waals surface area contributed by atoms with Crippen LogP contribution in [0.3, 0.4) is 0 Å². The molecule has 5 atom stereocenters. The molecule has 2 fully saturated rings. The van der Waals surface area contributed by atoms with E-state index in [0.717, 1.165) is 6.42 Å². The molecule has 1 saturated carbocycles. The molecule has 5 unspecified atom stereocenters. The Morgan fingerprint density at radius 2 is 1.67 bits per heavy atom. The first-order valence-electron chi connectivity index (χ1n) is 10.1. The Labute approximate surface area is 179 Å². The molecule has 2 aliphatic carbocycles. The minimum absolute atomic E-state index is 0.114. The van der Waals surface area contributed by atoms with Gasteiger partial charge in [0.25, 0.3) is 0 Å². The molecule has 2 amide bonds. The normalized spacial score (nSPS) is 27.5. The molecule has 5 nitrogen and oxygen atoms in total. The fraction of sp³-hybridized carbons (Fsp3) is 0.292. The van der Waals surface area contributed by atoms with Crippen molar-refractivity contribution in [3.8, 4) is 5.75 Å². The average molecular weight is 422 g/mol. The van der Waals surface area contributed by atoms with Crippen LogP contribution >= 0.6 is 11.6 Å². The van der Waals surface area contributed by atoms with E-state index in [0.29, 0.717) is 16.3 Å². The summed E-state index contributed by atoms with van der Waals surface area (Å²) >= 11 is 6.19. The second-order valence-electron chi connectivity index (χ2n) is 8.11. The smallest absolute Gasteiger partial charge is 0.238 e. The zero-order chi connectivity index (χ0) is 21.0. The van der Waals surface area contributed by atoms with Gasteiger partial charge < -0.3 is 4.74 Å². The highest BCUT2D eigenvalue weighted by molar-refractivity contribution is 6.31. The van der Waals surface area contributed by atoms with Crippen LogP contribution in [-0.4, -0.2) is 23.7 Å². The number of hydrogen-bond donors (Lipinski definition) is 0. The SMILES string of the molecule is CC(Oc1ccc(Cl)cc1N1C(=O)C2C3C=CC(C3)C2C1=O)C(=O)c1ccccc1. The summed E-state index contributed by atoms with van der Waals surface area (Å²) in [6, 6.07) is 13.6. The highest BCUT2D eigenvalue weighted by atomic mass is 35.5. The molecular formula is C24H20ClNO4. The van der Waals surface area contributed by atoms with E-state index in [9.17, 15) is 14.4 Å². The minimum Gasteiger partial charge on any atom is -0.480 e. The van der Waals surface area contributed by atoms with Crippen LogP contribution in [0.5, 0.6) is 5.75 Å². The van der Waals surface area contributed by atoms with Gasteiger partial charge in [0.2, 0.25) is 17.6 Å². The lowest BCUT2D eigenvalue weighted by molar-refractivity contribution is -0.123. The van der Waals surface area contributed by atoms with Crippen LogP contribution in [-0.2, 0) is 9.59 Å². The van der Waals surface area contributed by atoms with Gasteiger partial charge in [-0.2, -0.15) is 0 Å². The predicted molar refractivity (Wildman–Crippen MR) is 113 cm³/mol. The third-order valence-corrected chi connectivity index (χ3v) is 6.60. The first kappa shape index (κ1) is 19.1. The number of carbonyl (C=O) groups excluding carboxylic acids is 3. The van der Waals surface area contributed by atoms with E-state index in [-0.39, 0.29) is 47.0 Å². The van der Waals surface area contributed by atoms with Gasteiger partial charge in [-0.3, -0.25) is 14.4 Å². The van der Waals surface area contributed by atoms with Crippen molar-refractivity contribution in [1.29, 1.82) is 0 Å². The van der Waals surface area contributed by atoms with Crippen LogP contribution in [0.15, 0.2) is 60.7 Å². The fourth-order valence-electron chi connectivity index (χ4n) is 4.99. The summed E-state index contributed by atoms with van der Waals surface area (Å²) in [5, 5.41) is 0.387. The number of ether oxygens (including phenoxy) is 1. The maximum absolute atomic E-state index is 13.2. The molecular weight excluding hydrogens is 402 g/mol. The van der Waals surface area contributed by atoms with Gasteiger partial charge in [-0.15, -0.1) is 0 Å². The largest absolute Gasteiger partial charge is 0.480 e. The van der Waals surface area contributed by atoms with Crippen LogP contribution in [0.1, 0.15) is 23.7 Å². The minimum atomic E-state index is -0.794. The molecule has 1 heterocycles. The van der Waals surface area contributed by atoms with E-state index >= 15 is 0 Å². The number of imide groups is 1. The first-order valence-corrected chi connectivity index (χ1v) is 10.4. The van der Waals surface area contributed by atoms with Crippen LogP contribution in [0, 0.1) is 23.7 Å². The van der Waals surface area contributed by atoms with E-state index < -0.39 is 6.10 Å². The number of amides is 2. The second kappa shape index (κ2) is 7.10. The highest BCUT2D eigenvalue weighted by Crippen LogP contribution is 2.54. The molecule has 0 N–H and O–H groups in total. The molecule has 152 valence electrons. The van der Waals surface area contributed by atoms with Crippen molar-refractivity contribution in [3.05, 3.63) is 71.3 Å². The summed E-state index contributed by atoms with van der Waals surface area (Å²) in [7, 11) is 0. The lowest BCUT2D eigenvalue weighted by Gasteiger charge is -2.22. The van der Waals surface area contributed by atoms with Gasteiger partial charge in [-0.05, 0) is 43.4 Å². The average Bonchev–Trinajstić information content (AvgIpc) is 3.43. The van der Waals surface area contributed by atoms with Gasteiger partial charge in [0.05, 0.1) is 17.5 Å². The lowest BCUT2D eigenvalue weighted by atomic mass is 9.85.